The fraction of sp³-hybridized carbons (Fsp3) is 0.938. The van der Waals surface area contributed by atoms with Gasteiger partial charge in [-0.05, 0) is 38.8 Å². The maximum absolute atomic E-state index is 12.3. The molecule has 1 aliphatic carbocycles. The highest BCUT2D eigenvalue weighted by atomic mass is 16.5. The van der Waals surface area contributed by atoms with Crippen LogP contribution in [-0.4, -0.2) is 61.6 Å². The van der Waals surface area contributed by atoms with E-state index in [4.69, 9.17) is 4.74 Å². The molecule has 0 N–H and O–H groups in total. The fourth-order valence-corrected chi connectivity index (χ4v) is 3.62. The molecule has 0 radical (unpaired) electrons. The molecule has 0 aromatic heterocycles. The molecule has 0 spiro atoms. The summed E-state index contributed by atoms with van der Waals surface area (Å²) in [5.41, 5.74) is 0. The van der Waals surface area contributed by atoms with E-state index in [9.17, 15) is 4.79 Å². The minimum absolute atomic E-state index is 0.166. The summed E-state index contributed by atoms with van der Waals surface area (Å²) in [7, 11) is 4.19. The number of ether oxygens (including phenoxy) is 1. The number of likely N-dealkylation sites (N-methyl/N-ethyl adjacent to an activating group) is 1. The Balaban J connectivity index is 1.78. The summed E-state index contributed by atoms with van der Waals surface area (Å²) < 4.78 is 5.90. The Morgan fingerprint density at radius 1 is 1.15 bits per heavy atom. The van der Waals surface area contributed by atoms with Crippen molar-refractivity contribution < 1.29 is 9.53 Å². The molecule has 0 aromatic rings. The van der Waals surface area contributed by atoms with Gasteiger partial charge in [-0.2, -0.15) is 0 Å². The number of hydrogen-bond donors (Lipinski definition) is 0. The number of hydrogen-bond acceptors (Lipinski definition) is 3. The Bertz CT molecular complexity index is 332. The summed E-state index contributed by atoms with van der Waals surface area (Å²) in [5.74, 6) is 1.31. The third kappa shape index (κ3) is 3.73. The number of rotatable bonds is 4. The van der Waals surface area contributed by atoms with Gasteiger partial charge in [-0.1, -0.05) is 26.7 Å². The quantitative estimate of drug-likeness (QED) is 0.790. The smallest absolute Gasteiger partial charge is 0.248 e. The largest absolute Gasteiger partial charge is 0.368 e. The zero-order valence-electron chi connectivity index (χ0n) is 13.5. The van der Waals surface area contributed by atoms with Crippen molar-refractivity contribution in [2.75, 3.05) is 33.8 Å². The average molecular weight is 282 g/mol. The van der Waals surface area contributed by atoms with E-state index in [0.717, 1.165) is 19.5 Å². The molecule has 1 saturated carbocycles. The molecule has 1 amide bonds. The Kier molecular flexibility index (Phi) is 5.44. The Hall–Kier alpha value is -0.610. The summed E-state index contributed by atoms with van der Waals surface area (Å²) in [5, 5.41) is 0. The third-order valence-corrected chi connectivity index (χ3v) is 5.04. The van der Waals surface area contributed by atoms with Gasteiger partial charge in [-0.25, -0.2) is 0 Å². The number of carbonyl (C=O) groups excluding carboxylic acids is 1. The van der Waals surface area contributed by atoms with Crippen LogP contribution in [-0.2, 0) is 9.53 Å². The highest BCUT2D eigenvalue weighted by Gasteiger charge is 2.34. The van der Waals surface area contributed by atoms with Gasteiger partial charge in [-0.3, -0.25) is 4.79 Å². The summed E-state index contributed by atoms with van der Waals surface area (Å²) >= 11 is 0. The van der Waals surface area contributed by atoms with Gasteiger partial charge in [0.05, 0.1) is 6.10 Å². The molecule has 2 aliphatic rings. The average Bonchev–Trinajstić information content (AvgIpc) is 2.80. The summed E-state index contributed by atoms with van der Waals surface area (Å²) in [6, 6.07) is 0.479. The fourth-order valence-electron chi connectivity index (χ4n) is 3.62. The van der Waals surface area contributed by atoms with Crippen LogP contribution in [0.15, 0.2) is 0 Å². The van der Waals surface area contributed by atoms with Crippen LogP contribution in [0.1, 0.15) is 39.5 Å². The van der Waals surface area contributed by atoms with Crippen molar-refractivity contribution >= 4 is 5.91 Å². The molecule has 0 unspecified atom stereocenters. The molecular weight excluding hydrogens is 252 g/mol. The van der Waals surface area contributed by atoms with Gasteiger partial charge in [0.2, 0.25) is 5.91 Å². The molecule has 4 atom stereocenters. The van der Waals surface area contributed by atoms with E-state index in [2.05, 4.69) is 32.8 Å². The molecule has 4 heteroatoms. The molecule has 0 bridgehead atoms. The lowest BCUT2D eigenvalue weighted by molar-refractivity contribution is -0.139. The van der Waals surface area contributed by atoms with Crippen LogP contribution in [0.3, 0.4) is 0 Å². The van der Waals surface area contributed by atoms with Crippen molar-refractivity contribution in [1.82, 2.24) is 9.80 Å². The van der Waals surface area contributed by atoms with Gasteiger partial charge in [0.25, 0.3) is 0 Å². The molecule has 1 saturated heterocycles. The van der Waals surface area contributed by atoms with Gasteiger partial charge < -0.3 is 14.5 Å². The second-order valence-electron chi connectivity index (χ2n) is 6.92. The van der Waals surface area contributed by atoms with Gasteiger partial charge in [0, 0.05) is 19.1 Å². The van der Waals surface area contributed by atoms with Gasteiger partial charge in [0.1, 0.15) is 6.61 Å². The van der Waals surface area contributed by atoms with Crippen molar-refractivity contribution in [3.63, 3.8) is 0 Å². The Morgan fingerprint density at radius 2 is 1.85 bits per heavy atom. The highest BCUT2D eigenvalue weighted by molar-refractivity contribution is 5.77. The molecule has 116 valence electrons. The van der Waals surface area contributed by atoms with Crippen LogP contribution in [0.2, 0.25) is 0 Å². The Labute approximate surface area is 123 Å². The second kappa shape index (κ2) is 6.90. The number of amides is 1. The van der Waals surface area contributed by atoms with Crippen molar-refractivity contribution in [3.05, 3.63) is 0 Å². The normalized spacial score (nSPS) is 34.8. The first-order chi connectivity index (χ1) is 9.49. The highest BCUT2D eigenvalue weighted by Crippen LogP contribution is 2.26. The maximum atomic E-state index is 12.3. The van der Waals surface area contributed by atoms with Gasteiger partial charge in [0.15, 0.2) is 0 Å². The minimum atomic E-state index is 0.166. The van der Waals surface area contributed by atoms with Gasteiger partial charge >= 0.3 is 0 Å². The van der Waals surface area contributed by atoms with E-state index in [1.165, 1.54) is 19.3 Å². The number of likely N-dealkylation sites (tertiary alicyclic amines) is 1. The van der Waals surface area contributed by atoms with Crippen molar-refractivity contribution in [3.8, 4) is 0 Å². The zero-order valence-corrected chi connectivity index (χ0v) is 13.5. The molecule has 0 aromatic carbocycles. The monoisotopic (exact) mass is 282 g/mol. The lowest BCUT2D eigenvalue weighted by atomic mass is 9.88. The topological polar surface area (TPSA) is 32.8 Å². The lowest BCUT2D eigenvalue weighted by Crippen LogP contribution is -2.38. The molecule has 2 rings (SSSR count). The van der Waals surface area contributed by atoms with E-state index in [1.807, 2.05) is 4.90 Å². The molecule has 20 heavy (non-hydrogen) atoms. The lowest BCUT2D eigenvalue weighted by Gasteiger charge is -2.29. The second-order valence-corrected chi connectivity index (χ2v) is 6.92. The Morgan fingerprint density at radius 3 is 2.45 bits per heavy atom. The van der Waals surface area contributed by atoms with Crippen LogP contribution in [0.4, 0.5) is 0 Å². The molecule has 4 nitrogen and oxygen atoms in total. The molecule has 1 heterocycles. The van der Waals surface area contributed by atoms with Crippen molar-refractivity contribution in [1.29, 1.82) is 0 Å². The predicted molar refractivity (Wildman–Crippen MR) is 80.6 cm³/mol. The van der Waals surface area contributed by atoms with Crippen molar-refractivity contribution in [2.24, 2.45) is 11.8 Å². The minimum Gasteiger partial charge on any atom is -0.368 e. The van der Waals surface area contributed by atoms with E-state index >= 15 is 0 Å². The third-order valence-electron chi connectivity index (χ3n) is 5.04. The summed E-state index contributed by atoms with van der Waals surface area (Å²) in [4.78, 5) is 16.5. The van der Waals surface area contributed by atoms with Crippen LogP contribution >= 0.6 is 0 Å². The van der Waals surface area contributed by atoms with Crippen LogP contribution in [0, 0.1) is 11.8 Å². The van der Waals surface area contributed by atoms with Gasteiger partial charge in [-0.15, -0.1) is 0 Å². The van der Waals surface area contributed by atoms with Crippen molar-refractivity contribution in [2.45, 2.75) is 51.7 Å². The standard InChI is InChI=1S/C16H30N2O2/c1-12-7-5-6-8-15(12)20-11-16(19)18-9-13(2)14(10-18)17(3)4/h12-15H,5-11H2,1-4H3/t12-,13+,14+,15+/m1/s1. The number of nitrogens with zero attached hydrogens (tertiary/aromatic N) is 2. The first-order valence-electron chi connectivity index (χ1n) is 8.05. The van der Waals surface area contributed by atoms with Crippen LogP contribution < -0.4 is 0 Å². The SMILES string of the molecule is C[C@@H]1CCCC[C@@H]1OCC(=O)N1C[C@H](C)[C@@H](N(C)C)C1. The van der Waals surface area contributed by atoms with Crippen LogP contribution in [0.25, 0.3) is 0 Å². The molecular formula is C16H30N2O2. The van der Waals surface area contributed by atoms with E-state index in [0.29, 0.717) is 17.9 Å². The molecule has 2 fully saturated rings. The first kappa shape index (κ1) is 15.8. The van der Waals surface area contributed by atoms with E-state index < -0.39 is 0 Å². The van der Waals surface area contributed by atoms with E-state index in [-0.39, 0.29) is 18.6 Å². The first-order valence-corrected chi connectivity index (χ1v) is 8.05. The zero-order chi connectivity index (χ0) is 14.7. The maximum Gasteiger partial charge on any atom is 0.248 e. The number of carbonyl (C=O) groups is 1. The summed E-state index contributed by atoms with van der Waals surface area (Å²) in [6.45, 7) is 6.44. The molecule has 1 aliphatic heterocycles. The predicted octanol–water partition coefficient (Wildman–Crippen LogP) is 1.99. The van der Waals surface area contributed by atoms with Crippen LogP contribution in [0.5, 0.6) is 0 Å². The van der Waals surface area contributed by atoms with E-state index in [1.54, 1.807) is 0 Å². The summed E-state index contributed by atoms with van der Waals surface area (Å²) in [6.07, 6.45) is 5.20.